The molecule has 6 heteroatoms. The molecule has 0 amide bonds. The number of nitrogens with two attached hydrogens (primary N) is 1. The maximum absolute atomic E-state index is 6.02. The van der Waals surface area contributed by atoms with E-state index in [0.29, 0.717) is 11.9 Å². The van der Waals surface area contributed by atoms with Crippen molar-refractivity contribution >= 4 is 47.2 Å². The number of halogens is 2. The number of ether oxygens (including phenoxy) is 1. The van der Waals surface area contributed by atoms with Crippen LogP contribution in [-0.2, 0) is 0 Å². The van der Waals surface area contributed by atoms with Crippen molar-refractivity contribution in [1.29, 1.82) is 0 Å². The molecule has 0 spiro atoms. The Morgan fingerprint density at radius 3 is 2.65 bits per heavy atom. The van der Waals surface area contributed by atoms with E-state index in [1.54, 1.807) is 7.11 Å². The van der Waals surface area contributed by atoms with Crippen LogP contribution in [0.15, 0.2) is 53.5 Å². The molecule has 0 bridgehead atoms. The van der Waals surface area contributed by atoms with E-state index in [9.17, 15) is 0 Å². The van der Waals surface area contributed by atoms with Crippen molar-refractivity contribution in [3.05, 3.63) is 59.1 Å². The highest BCUT2D eigenvalue weighted by Crippen LogP contribution is 2.44. The number of nitrogens with zero attached hydrogens (tertiary/aromatic N) is 1. The van der Waals surface area contributed by atoms with E-state index in [2.05, 4.69) is 16.4 Å². The van der Waals surface area contributed by atoms with Gasteiger partial charge in [-0.15, -0.1) is 24.0 Å². The smallest absolute Gasteiger partial charge is 0.193 e. The van der Waals surface area contributed by atoms with Crippen LogP contribution in [-0.4, -0.2) is 19.1 Å². The van der Waals surface area contributed by atoms with Gasteiger partial charge >= 0.3 is 0 Å². The molecule has 122 valence electrons. The lowest BCUT2D eigenvalue weighted by molar-refractivity contribution is 0.415. The number of anilines is 1. The Bertz CT molecular complexity index is 690. The predicted molar refractivity (Wildman–Crippen MR) is 106 cm³/mol. The minimum absolute atomic E-state index is 0. The summed E-state index contributed by atoms with van der Waals surface area (Å²) in [6.45, 7) is 0. The molecular formula is C17H19ClIN3O. The lowest BCUT2D eigenvalue weighted by atomic mass is 10.1. The molecule has 4 nitrogen and oxygen atoms in total. The fourth-order valence-corrected chi connectivity index (χ4v) is 2.65. The van der Waals surface area contributed by atoms with Gasteiger partial charge in [0.25, 0.3) is 0 Å². The number of hydrogen-bond donors (Lipinski definition) is 2. The Morgan fingerprint density at radius 2 is 2.00 bits per heavy atom. The molecule has 1 aliphatic carbocycles. The zero-order valence-electron chi connectivity index (χ0n) is 12.7. The summed E-state index contributed by atoms with van der Waals surface area (Å²) >= 11 is 6.02. The molecule has 2 aromatic rings. The van der Waals surface area contributed by atoms with E-state index in [1.807, 2.05) is 42.5 Å². The first-order valence-corrected chi connectivity index (χ1v) is 7.53. The first kappa shape index (κ1) is 17.9. The summed E-state index contributed by atoms with van der Waals surface area (Å²) in [4.78, 5) is 4.52. The number of hydrogen-bond acceptors (Lipinski definition) is 2. The zero-order chi connectivity index (χ0) is 15.5. The van der Waals surface area contributed by atoms with Gasteiger partial charge in [-0.2, -0.15) is 0 Å². The van der Waals surface area contributed by atoms with E-state index in [0.717, 1.165) is 22.9 Å². The molecule has 2 aromatic carbocycles. The van der Waals surface area contributed by atoms with Crippen molar-refractivity contribution < 1.29 is 4.74 Å². The van der Waals surface area contributed by atoms with Gasteiger partial charge in [0.05, 0.1) is 13.2 Å². The second-order valence-electron chi connectivity index (χ2n) is 5.33. The number of aliphatic imine (C=N–C) groups is 1. The van der Waals surface area contributed by atoms with Crippen molar-refractivity contribution in [3.63, 3.8) is 0 Å². The molecule has 2 unspecified atom stereocenters. The molecule has 23 heavy (non-hydrogen) atoms. The van der Waals surface area contributed by atoms with Crippen LogP contribution in [0.25, 0.3) is 0 Å². The number of nitrogens with one attached hydrogen (secondary N) is 1. The largest absolute Gasteiger partial charge is 0.497 e. The fraction of sp³-hybridized carbons (Fsp3) is 0.235. The van der Waals surface area contributed by atoms with Crippen LogP contribution >= 0.6 is 35.6 Å². The fourth-order valence-electron chi connectivity index (χ4n) is 2.45. The maximum atomic E-state index is 6.02. The van der Waals surface area contributed by atoms with E-state index >= 15 is 0 Å². The normalized spacial score (nSPS) is 19.7. The van der Waals surface area contributed by atoms with Gasteiger partial charge in [-0.05, 0) is 48.4 Å². The van der Waals surface area contributed by atoms with Gasteiger partial charge in [0.2, 0.25) is 0 Å². The Balaban J connectivity index is 0.00000192. The quantitative estimate of drug-likeness (QED) is 0.422. The number of guanidine groups is 1. The Morgan fingerprint density at radius 1 is 1.26 bits per heavy atom. The molecule has 0 heterocycles. The molecule has 1 aliphatic rings. The van der Waals surface area contributed by atoms with Crippen molar-refractivity contribution in [1.82, 2.24) is 0 Å². The molecule has 2 atom stereocenters. The number of benzene rings is 2. The Hall–Kier alpha value is -1.47. The van der Waals surface area contributed by atoms with Gasteiger partial charge in [0, 0.05) is 16.6 Å². The molecule has 3 N–H and O–H groups in total. The lowest BCUT2D eigenvalue weighted by Crippen LogP contribution is -2.23. The predicted octanol–water partition coefficient (Wildman–Crippen LogP) is 4.25. The molecule has 0 aromatic heterocycles. The van der Waals surface area contributed by atoms with Crippen molar-refractivity contribution in [2.45, 2.75) is 18.4 Å². The van der Waals surface area contributed by atoms with Gasteiger partial charge in [-0.3, -0.25) is 0 Å². The summed E-state index contributed by atoms with van der Waals surface area (Å²) < 4.78 is 5.12. The van der Waals surface area contributed by atoms with Crippen LogP contribution in [0.1, 0.15) is 17.9 Å². The first-order chi connectivity index (χ1) is 10.7. The average molecular weight is 444 g/mol. The van der Waals surface area contributed by atoms with Gasteiger partial charge in [-0.1, -0.05) is 23.7 Å². The summed E-state index contributed by atoms with van der Waals surface area (Å²) in [5.74, 6) is 1.65. The Labute approximate surface area is 158 Å². The van der Waals surface area contributed by atoms with Crippen molar-refractivity contribution in [2.24, 2.45) is 10.7 Å². The van der Waals surface area contributed by atoms with E-state index in [-0.39, 0.29) is 30.0 Å². The second-order valence-corrected chi connectivity index (χ2v) is 5.77. The monoisotopic (exact) mass is 443 g/mol. The molecule has 0 radical (unpaired) electrons. The topological polar surface area (TPSA) is 59.6 Å². The summed E-state index contributed by atoms with van der Waals surface area (Å²) in [6, 6.07) is 15.7. The van der Waals surface area contributed by atoms with E-state index in [1.165, 1.54) is 5.56 Å². The highest BCUT2D eigenvalue weighted by molar-refractivity contribution is 14.0. The van der Waals surface area contributed by atoms with Crippen LogP contribution in [0.3, 0.4) is 0 Å². The maximum Gasteiger partial charge on any atom is 0.193 e. The first-order valence-electron chi connectivity index (χ1n) is 7.15. The number of rotatable bonds is 4. The minimum Gasteiger partial charge on any atom is -0.497 e. The van der Waals surface area contributed by atoms with E-state index in [4.69, 9.17) is 22.1 Å². The third kappa shape index (κ3) is 4.75. The third-order valence-electron chi connectivity index (χ3n) is 3.70. The second kappa shape index (κ2) is 7.88. The van der Waals surface area contributed by atoms with Crippen molar-refractivity contribution in [3.8, 4) is 5.75 Å². The summed E-state index contributed by atoms with van der Waals surface area (Å²) in [7, 11) is 1.64. The molecule has 0 aliphatic heterocycles. The highest BCUT2D eigenvalue weighted by atomic mass is 127. The Kier molecular flexibility index (Phi) is 6.12. The zero-order valence-corrected chi connectivity index (χ0v) is 15.8. The van der Waals surface area contributed by atoms with Gasteiger partial charge in [0.1, 0.15) is 5.75 Å². The SMILES string of the molecule is COc1ccc(NC(N)=NC2CC2c2cccc(Cl)c2)cc1.I. The van der Waals surface area contributed by atoms with Crippen LogP contribution in [0.5, 0.6) is 5.75 Å². The van der Waals surface area contributed by atoms with Crippen LogP contribution in [0.2, 0.25) is 5.02 Å². The average Bonchev–Trinajstić information content (AvgIpc) is 3.27. The molecule has 3 rings (SSSR count). The highest BCUT2D eigenvalue weighted by Gasteiger charge is 2.38. The minimum atomic E-state index is 0. The van der Waals surface area contributed by atoms with Gasteiger partial charge < -0.3 is 15.8 Å². The summed E-state index contributed by atoms with van der Waals surface area (Å²) in [5, 5.41) is 3.85. The standard InChI is InChI=1S/C17H18ClN3O.HI/c1-22-14-7-5-13(6-8-14)20-17(19)21-16-10-15(16)11-3-2-4-12(18)9-11;/h2-9,15-16H,10H2,1H3,(H3,19,20,21);1H. The third-order valence-corrected chi connectivity index (χ3v) is 3.94. The molecule has 0 saturated heterocycles. The summed E-state index contributed by atoms with van der Waals surface area (Å²) in [6.07, 6.45) is 1.01. The van der Waals surface area contributed by atoms with Gasteiger partial charge in [0.15, 0.2) is 5.96 Å². The van der Waals surface area contributed by atoms with Crippen LogP contribution in [0, 0.1) is 0 Å². The van der Waals surface area contributed by atoms with Crippen LogP contribution < -0.4 is 15.8 Å². The molecule has 1 fully saturated rings. The molecular weight excluding hydrogens is 425 g/mol. The molecule has 1 saturated carbocycles. The van der Waals surface area contributed by atoms with Crippen LogP contribution in [0.4, 0.5) is 5.69 Å². The summed E-state index contributed by atoms with van der Waals surface area (Å²) in [5.41, 5.74) is 8.08. The van der Waals surface area contributed by atoms with E-state index < -0.39 is 0 Å². The number of methoxy groups -OCH3 is 1. The lowest BCUT2D eigenvalue weighted by Gasteiger charge is -2.06. The van der Waals surface area contributed by atoms with Crippen molar-refractivity contribution in [2.75, 3.05) is 12.4 Å². The van der Waals surface area contributed by atoms with Gasteiger partial charge in [-0.25, -0.2) is 4.99 Å².